The molecule has 0 aromatic carbocycles. The van der Waals surface area contributed by atoms with E-state index < -0.39 is 15.4 Å². The fourth-order valence-corrected chi connectivity index (χ4v) is 4.30. The van der Waals surface area contributed by atoms with E-state index in [0.29, 0.717) is 24.5 Å². The molecule has 0 radical (unpaired) electrons. The number of sulfone groups is 1. The van der Waals surface area contributed by atoms with Crippen LogP contribution in [0.5, 0.6) is 0 Å². The number of aromatic nitrogens is 2. The molecule has 2 aromatic heterocycles. The van der Waals surface area contributed by atoms with Crippen LogP contribution in [0.2, 0.25) is 0 Å². The molecule has 0 saturated carbocycles. The maximum Gasteiger partial charge on any atom is 0.410 e. The molecule has 3 rings (SSSR count). The molecule has 1 saturated heterocycles. The van der Waals surface area contributed by atoms with Crippen molar-refractivity contribution < 1.29 is 17.9 Å². The molecule has 0 bridgehead atoms. The minimum absolute atomic E-state index is 0.0662. The lowest BCUT2D eigenvalue weighted by molar-refractivity contribution is 0.0197. The van der Waals surface area contributed by atoms with E-state index in [-0.39, 0.29) is 17.2 Å². The highest BCUT2D eigenvalue weighted by Crippen LogP contribution is 2.31. The molecule has 9 heteroatoms. The average Bonchev–Trinajstić information content (AvgIpc) is 3.14. The first kappa shape index (κ1) is 20.7. The monoisotopic (exact) mass is 423 g/mol. The molecule has 0 spiro atoms. The van der Waals surface area contributed by atoms with Crippen LogP contribution in [0.4, 0.5) is 4.79 Å². The van der Waals surface area contributed by atoms with Gasteiger partial charge in [0.2, 0.25) is 15.0 Å². The first-order chi connectivity index (χ1) is 13.0. The molecule has 1 atom stereocenters. The largest absolute Gasteiger partial charge is 0.444 e. The van der Waals surface area contributed by atoms with Gasteiger partial charge in [-0.2, -0.15) is 0 Å². The SMILES string of the molecule is CC(C)(C)OC(=O)N1CCCC(c2cc(-c3cccs3)nc(S(C)(=O)=O)n2)C1. The Hall–Kier alpha value is -2.00. The van der Waals surface area contributed by atoms with Crippen LogP contribution in [0.15, 0.2) is 28.7 Å². The van der Waals surface area contributed by atoms with Crippen molar-refractivity contribution in [3.8, 4) is 10.6 Å². The molecule has 0 N–H and O–H groups in total. The number of hydrogen-bond donors (Lipinski definition) is 0. The summed E-state index contributed by atoms with van der Waals surface area (Å²) in [5.74, 6) is -0.0662. The van der Waals surface area contributed by atoms with Crippen molar-refractivity contribution >= 4 is 27.3 Å². The third-order valence-electron chi connectivity index (χ3n) is 4.32. The second-order valence-corrected chi connectivity index (χ2v) is 10.8. The van der Waals surface area contributed by atoms with E-state index in [9.17, 15) is 13.2 Å². The van der Waals surface area contributed by atoms with Gasteiger partial charge in [0.25, 0.3) is 0 Å². The molecule has 0 aliphatic carbocycles. The summed E-state index contributed by atoms with van der Waals surface area (Å²) in [7, 11) is -3.55. The van der Waals surface area contributed by atoms with Gasteiger partial charge in [-0.1, -0.05) is 6.07 Å². The predicted octanol–water partition coefficient (Wildman–Crippen LogP) is 3.72. The molecule has 1 unspecified atom stereocenters. The fourth-order valence-electron chi connectivity index (χ4n) is 3.08. The van der Waals surface area contributed by atoms with E-state index in [0.717, 1.165) is 24.0 Å². The normalized spacial score (nSPS) is 18.1. The second kappa shape index (κ2) is 7.79. The Kier molecular flexibility index (Phi) is 5.77. The predicted molar refractivity (Wildman–Crippen MR) is 108 cm³/mol. The van der Waals surface area contributed by atoms with Gasteiger partial charge in [0.1, 0.15) is 5.60 Å². The lowest BCUT2D eigenvalue weighted by atomic mass is 9.94. The minimum Gasteiger partial charge on any atom is -0.444 e. The second-order valence-electron chi connectivity index (χ2n) is 7.98. The van der Waals surface area contributed by atoms with E-state index in [4.69, 9.17) is 4.74 Å². The van der Waals surface area contributed by atoms with Crippen molar-refractivity contribution in [1.29, 1.82) is 0 Å². The molecule has 152 valence electrons. The molecule has 28 heavy (non-hydrogen) atoms. The van der Waals surface area contributed by atoms with Crippen LogP contribution >= 0.6 is 11.3 Å². The molecule has 1 aliphatic heterocycles. The van der Waals surface area contributed by atoms with Crippen molar-refractivity contribution in [3.05, 3.63) is 29.3 Å². The Balaban J connectivity index is 1.91. The van der Waals surface area contributed by atoms with Crippen LogP contribution in [0.3, 0.4) is 0 Å². The average molecular weight is 424 g/mol. The third-order valence-corrected chi connectivity index (χ3v) is 6.06. The van der Waals surface area contributed by atoms with E-state index in [1.165, 1.54) is 11.3 Å². The Morgan fingerprint density at radius 2 is 2.07 bits per heavy atom. The van der Waals surface area contributed by atoms with Gasteiger partial charge >= 0.3 is 6.09 Å². The summed E-state index contributed by atoms with van der Waals surface area (Å²) in [5, 5.41) is 1.74. The fraction of sp³-hybridized carbons (Fsp3) is 0.526. The summed E-state index contributed by atoms with van der Waals surface area (Å²) in [6.45, 7) is 6.57. The summed E-state index contributed by atoms with van der Waals surface area (Å²) >= 11 is 1.49. The smallest absolute Gasteiger partial charge is 0.410 e. The van der Waals surface area contributed by atoms with E-state index in [2.05, 4.69) is 9.97 Å². The molecule has 7 nitrogen and oxygen atoms in total. The van der Waals surface area contributed by atoms with Crippen molar-refractivity contribution in [3.63, 3.8) is 0 Å². The maximum atomic E-state index is 12.4. The van der Waals surface area contributed by atoms with Crippen LogP contribution in [0.25, 0.3) is 10.6 Å². The van der Waals surface area contributed by atoms with Crippen LogP contribution in [-0.4, -0.2) is 54.3 Å². The molecule has 1 aliphatic rings. The Labute approximate surface area is 169 Å². The molecule has 2 aromatic rings. The van der Waals surface area contributed by atoms with Gasteiger partial charge in [0.05, 0.1) is 16.3 Å². The number of thiophene rings is 1. The summed E-state index contributed by atoms with van der Waals surface area (Å²) in [6, 6.07) is 5.63. The van der Waals surface area contributed by atoms with Gasteiger partial charge < -0.3 is 9.64 Å². The van der Waals surface area contributed by atoms with Gasteiger partial charge in [0, 0.05) is 25.3 Å². The molecular weight excluding hydrogens is 398 g/mol. The van der Waals surface area contributed by atoms with E-state index in [1.807, 2.05) is 44.4 Å². The van der Waals surface area contributed by atoms with Gasteiger partial charge in [0.15, 0.2) is 0 Å². The Bertz CT molecular complexity index is 950. The summed E-state index contributed by atoms with van der Waals surface area (Å²) in [6.07, 6.45) is 2.38. The molecule has 3 heterocycles. The zero-order valence-electron chi connectivity index (χ0n) is 16.5. The van der Waals surface area contributed by atoms with Crippen molar-refractivity contribution in [1.82, 2.24) is 14.9 Å². The number of ether oxygens (including phenoxy) is 1. The van der Waals surface area contributed by atoms with Gasteiger partial charge in [-0.05, 0) is 51.1 Å². The maximum absolute atomic E-state index is 12.4. The summed E-state index contributed by atoms with van der Waals surface area (Å²) in [5.41, 5.74) is 0.677. The molecule has 1 fully saturated rings. The number of nitrogens with zero attached hydrogens (tertiary/aromatic N) is 3. The Morgan fingerprint density at radius 1 is 1.32 bits per heavy atom. The first-order valence-corrected chi connectivity index (χ1v) is 11.9. The van der Waals surface area contributed by atoms with Gasteiger partial charge in [-0.3, -0.25) is 0 Å². The highest BCUT2D eigenvalue weighted by Gasteiger charge is 2.30. The quantitative estimate of drug-likeness (QED) is 0.699. The van der Waals surface area contributed by atoms with E-state index in [1.54, 1.807) is 4.90 Å². The number of hydrogen-bond acceptors (Lipinski definition) is 7. The van der Waals surface area contributed by atoms with Crippen molar-refractivity contribution in [2.24, 2.45) is 0 Å². The topological polar surface area (TPSA) is 89.5 Å². The number of carbonyl (C=O) groups is 1. The van der Waals surface area contributed by atoms with Crippen molar-refractivity contribution in [2.75, 3.05) is 19.3 Å². The third kappa shape index (κ3) is 5.08. The zero-order valence-corrected chi connectivity index (χ0v) is 18.1. The van der Waals surface area contributed by atoms with Crippen LogP contribution < -0.4 is 0 Å². The van der Waals surface area contributed by atoms with Crippen LogP contribution in [-0.2, 0) is 14.6 Å². The number of carbonyl (C=O) groups excluding carboxylic acids is 1. The summed E-state index contributed by atoms with van der Waals surface area (Å²) < 4.78 is 29.7. The van der Waals surface area contributed by atoms with Gasteiger partial charge in [-0.25, -0.2) is 23.2 Å². The van der Waals surface area contributed by atoms with Crippen LogP contribution in [0.1, 0.15) is 45.2 Å². The summed E-state index contributed by atoms with van der Waals surface area (Å²) in [4.78, 5) is 23.6. The number of piperidine rings is 1. The minimum atomic E-state index is -3.55. The molecule has 1 amide bonds. The van der Waals surface area contributed by atoms with Crippen LogP contribution in [0, 0.1) is 0 Å². The van der Waals surface area contributed by atoms with E-state index >= 15 is 0 Å². The first-order valence-electron chi connectivity index (χ1n) is 9.14. The number of amides is 1. The highest BCUT2D eigenvalue weighted by molar-refractivity contribution is 7.90. The lowest BCUT2D eigenvalue weighted by Crippen LogP contribution is -2.42. The lowest BCUT2D eigenvalue weighted by Gasteiger charge is -2.34. The standard InChI is InChI=1S/C19H25N3O4S2/c1-19(2,3)26-18(23)22-9-5-7-13(12-22)14-11-15(16-8-6-10-27-16)21-17(20-14)28(4,24)25/h6,8,10-11,13H,5,7,9,12H2,1-4H3. The zero-order chi connectivity index (χ0) is 20.5. The number of likely N-dealkylation sites (tertiary alicyclic amines) is 1. The molecular formula is C19H25N3O4S2. The highest BCUT2D eigenvalue weighted by atomic mass is 32.2. The van der Waals surface area contributed by atoms with Gasteiger partial charge in [-0.15, -0.1) is 11.3 Å². The van der Waals surface area contributed by atoms with Crippen molar-refractivity contribution in [2.45, 2.75) is 50.3 Å². The Morgan fingerprint density at radius 3 is 2.68 bits per heavy atom. The number of rotatable bonds is 3.